The number of amides is 1. The molecule has 82 valence electrons. The van der Waals surface area contributed by atoms with Crippen molar-refractivity contribution in [3.8, 4) is 0 Å². The summed E-state index contributed by atoms with van der Waals surface area (Å²) in [6, 6.07) is 0. The molecule has 14 heavy (non-hydrogen) atoms. The second kappa shape index (κ2) is 3.64. The molecule has 7 heteroatoms. The van der Waals surface area contributed by atoms with Gasteiger partial charge < -0.3 is 15.8 Å². The first kappa shape index (κ1) is 11.1. The van der Waals surface area contributed by atoms with Gasteiger partial charge in [-0.3, -0.25) is 0 Å². The van der Waals surface area contributed by atoms with Crippen molar-refractivity contribution in [1.82, 2.24) is 5.32 Å². The summed E-state index contributed by atoms with van der Waals surface area (Å²) < 4.78 is 41.9. The predicted octanol–water partition coefficient (Wildman–Crippen LogP) is 0.766. The molecule has 1 fully saturated rings. The molecule has 0 aromatic heterocycles. The number of rotatable bonds is 1. The second-order valence-electron chi connectivity index (χ2n) is 3.19. The molecule has 0 radical (unpaired) electrons. The van der Waals surface area contributed by atoms with E-state index in [-0.39, 0.29) is 6.42 Å². The zero-order chi connectivity index (χ0) is 10.8. The Balaban J connectivity index is 2.83. The van der Waals surface area contributed by atoms with E-state index in [1.165, 1.54) is 0 Å². The first-order chi connectivity index (χ1) is 6.37. The average molecular weight is 212 g/mol. The average Bonchev–Trinajstić information content (AvgIpc) is 2.02. The summed E-state index contributed by atoms with van der Waals surface area (Å²) in [7, 11) is 0. The smallest absolute Gasteiger partial charge is 0.429 e. The zero-order valence-electron chi connectivity index (χ0n) is 7.36. The van der Waals surface area contributed by atoms with Crippen LogP contribution in [-0.4, -0.2) is 31.0 Å². The maximum Gasteiger partial charge on any atom is 0.429 e. The van der Waals surface area contributed by atoms with Gasteiger partial charge in [-0.15, -0.1) is 0 Å². The van der Waals surface area contributed by atoms with Crippen molar-refractivity contribution in [3.63, 3.8) is 0 Å². The van der Waals surface area contributed by atoms with E-state index in [1.54, 1.807) is 0 Å². The Bertz CT molecular complexity index is 223. The lowest BCUT2D eigenvalue weighted by Gasteiger charge is -2.37. The van der Waals surface area contributed by atoms with E-state index in [2.05, 4.69) is 15.8 Å². The van der Waals surface area contributed by atoms with Crippen molar-refractivity contribution in [3.05, 3.63) is 0 Å². The van der Waals surface area contributed by atoms with Crippen molar-refractivity contribution >= 4 is 6.09 Å². The number of halogens is 3. The molecule has 1 unspecified atom stereocenters. The highest BCUT2D eigenvalue weighted by Crippen LogP contribution is 2.38. The van der Waals surface area contributed by atoms with Crippen LogP contribution in [0.25, 0.3) is 0 Å². The number of alkyl halides is 3. The largest absolute Gasteiger partial charge is 0.432 e. The second-order valence-corrected chi connectivity index (χ2v) is 3.19. The van der Waals surface area contributed by atoms with Gasteiger partial charge in [-0.25, -0.2) is 4.79 Å². The van der Waals surface area contributed by atoms with Crippen molar-refractivity contribution in [2.24, 2.45) is 5.73 Å². The SMILES string of the molecule is NC(=O)OC1(C(F)(F)F)CCCNC1. The zero-order valence-corrected chi connectivity index (χ0v) is 7.36. The minimum absolute atomic E-state index is 0.244. The lowest BCUT2D eigenvalue weighted by Crippen LogP contribution is -2.58. The van der Waals surface area contributed by atoms with Crippen molar-refractivity contribution in [2.45, 2.75) is 24.6 Å². The molecule has 0 aliphatic carbocycles. The van der Waals surface area contributed by atoms with Gasteiger partial charge in [-0.05, 0) is 19.4 Å². The summed E-state index contributed by atoms with van der Waals surface area (Å²) in [6.45, 7) is 0.0550. The van der Waals surface area contributed by atoms with Gasteiger partial charge in [0.15, 0.2) is 0 Å². The molecule has 0 saturated carbocycles. The van der Waals surface area contributed by atoms with Gasteiger partial charge in [0.25, 0.3) is 0 Å². The van der Waals surface area contributed by atoms with Crippen molar-refractivity contribution < 1.29 is 22.7 Å². The molecule has 1 rings (SSSR count). The van der Waals surface area contributed by atoms with Crippen LogP contribution >= 0.6 is 0 Å². The summed E-state index contributed by atoms with van der Waals surface area (Å²) in [5, 5.41) is 2.53. The summed E-state index contributed by atoms with van der Waals surface area (Å²) in [4.78, 5) is 10.4. The maximum absolute atomic E-state index is 12.6. The van der Waals surface area contributed by atoms with Gasteiger partial charge in [-0.1, -0.05) is 0 Å². The Morgan fingerprint density at radius 2 is 2.14 bits per heavy atom. The van der Waals surface area contributed by atoms with Crippen LogP contribution in [0.2, 0.25) is 0 Å². The van der Waals surface area contributed by atoms with Crippen LogP contribution in [0.4, 0.5) is 18.0 Å². The number of nitrogens with two attached hydrogens (primary N) is 1. The Morgan fingerprint density at radius 1 is 1.50 bits per heavy atom. The van der Waals surface area contributed by atoms with E-state index in [9.17, 15) is 18.0 Å². The third-order valence-corrected chi connectivity index (χ3v) is 2.16. The molecule has 1 saturated heterocycles. The highest BCUT2D eigenvalue weighted by Gasteiger charge is 2.58. The number of ether oxygens (including phenoxy) is 1. The van der Waals surface area contributed by atoms with Crippen LogP contribution in [0, 0.1) is 0 Å². The van der Waals surface area contributed by atoms with Gasteiger partial charge in [-0.2, -0.15) is 13.2 Å². The molecular formula is C7H11F3N2O2. The van der Waals surface area contributed by atoms with Gasteiger partial charge in [0.1, 0.15) is 0 Å². The van der Waals surface area contributed by atoms with Crippen LogP contribution in [0.3, 0.4) is 0 Å². The van der Waals surface area contributed by atoms with Gasteiger partial charge >= 0.3 is 12.3 Å². The molecule has 4 nitrogen and oxygen atoms in total. The molecule has 3 N–H and O–H groups in total. The van der Waals surface area contributed by atoms with Crippen molar-refractivity contribution in [1.29, 1.82) is 0 Å². The topological polar surface area (TPSA) is 64.4 Å². The van der Waals surface area contributed by atoms with Crippen LogP contribution in [0.15, 0.2) is 0 Å². The highest BCUT2D eigenvalue weighted by atomic mass is 19.4. The fourth-order valence-corrected chi connectivity index (χ4v) is 1.46. The third kappa shape index (κ3) is 2.09. The minimum Gasteiger partial charge on any atom is -0.432 e. The Kier molecular flexibility index (Phi) is 2.89. The number of carbonyl (C=O) groups excluding carboxylic acids is 1. The molecule has 1 aliphatic heterocycles. The molecule has 1 heterocycles. The molecule has 1 aliphatic rings. The molecule has 1 amide bonds. The fourth-order valence-electron chi connectivity index (χ4n) is 1.46. The number of carbonyl (C=O) groups is 1. The molecule has 0 spiro atoms. The standard InChI is InChI=1S/C7H11F3N2O2/c8-7(9,10)6(14-5(11)13)2-1-3-12-4-6/h12H,1-4H2,(H2,11,13). The number of nitrogens with one attached hydrogen (secondary N) is 1. The van der Waals surface area contributed by atoms with E-state index in [0.717, 1.165) is 0 Å². The highest BCUT2D eigenvalue weighted by molar-refractivity contribution is 5.65. The minimum atomic E-state index is -4.59. The number of primary amides is 1. The first-order valence-electron chi connectivity index (χ1n) is 4.13. The van der Waals surface area contributed by atoms with Crippen molar-refractivity contribution in [2.75, 3.05) is 13.1 Å². The maximum atomic E-state index is 12.6. The van der Waals surface area contributed by atoms with Gasteiger partial charge in [0, 0.05) is 6.54 Å². The van der Waals surface area contributed by atoms with Gasteiger partial charge in [0.05, 0.1) is 0 Å². The fraction of sp³-hybridized carbons (Fsp3) is 0.857. The summed E-state index contributed by atoms with van der Waals surface area (Å²) in [6.07, 6.45) is -5.93. The van der Waals surface area contributed by atoms with E-state index < -0.39 is 24.4 Å². The predicted molar refractivity (Wildman–Crippen MR) is 41.6 cm³/mol. The summed E-state index contributed by atoms with van der Waals surface area (Å²) in [5.41, 5.74) is 2.17. The lowest BCUT2D eigenvalue weighted by molar-refractivity contribution is -0.261. The molecule has 0 aromatic rings. The van der Waals surface area contributed by atoms with E-state index in [4.69, 9.17) is 0 Å². The number of piperidine rings is 1. The molecular weight excluding hydrogens is 201 g/mol. The van der Waals surface area contributed by atoms with E-state index in [0.29, 0.717) is 13.0 Å². The summed E-state index contributed by atoms with van der Waals surface area (Å²) >= 11 is 0. The Hall–Kier alpha value is -0.980. The Morgan fingerprint density at radius 3 is 2.50 bits per heavy atom. The van der Waals surface area contributed by atoms with E-state index in [1.807, 2.05) is 0 Å². The summed E-state index contributed by atoms with van der Waals surface area (Å²) in [5.74, 6) is 0. The lowest BCUT2D eigenvalue weighted by atomic mass is 9.93. The Labute approximate surface area is 78.6 Å². The van der Waals surface area contributed by atoms with Crippen LogP contribution in [0.1, 0.15) is 12.8 Å². The third-order valence-electron chi connectivity index (χ3n) is 2.16. The quantitative estimate of drug-likeness (QED) is 0.674. The molecule has 1 atom stereocenters. The van der Waals surface area contributed by atoms with Crippen LogP contribution < -0.4 is 11.1 Å². The monoisotopic (exact) mass is 212 g/mol. The van der Waals surface area contributed by atoms with Crippen LogP contribution in [0.5, 0.6) is 0 Å². The van der Waals surface area contributed by atoms with E-state index >= 15 is 0 Å². The number of hydrogen-bond acceptors (Lipinski definition) is 3. The molecule has 0 bridgehead atoms. The normalized spacial score (nSPS) is 28.5. The first-order valence-corrected chi connectivity index (χ1v) is 4.13. The molecule has 0 aromatic carbocycles. The van der Waals surface area contributed by atoms with Gasteiger partial charge in [0.2, 0.25) is 5.60 Å². The number of hydrogen-bond donors (Lipinski definition) is 2. The van der Waals surface area contributed by atoms with Crippen LogP contribution in [-0.2, 0) is 4.74 Å².